The Kier molecular flexibility index (Phi) is 6.59. The smallest absolute Gasteiger partial charge is 0.271 e. The van der Waals surface area contributed by atoms with E-state index < -0.39 is 0 Å². The predicted molar refractivity (Wildman–Crippen MR) is 96.5 cm³/mol. The highest BCUT2D eigenvalue weighted by atomic mass is 16.5. The maximum Gasteiger partial charge on any atom is 0.271 e. The van der Waals surface area contributed by atoms with E-state index in [1.54, 1.807) is 48.5 Å². The van der Waals surface area contributed by atoms with Gasteiger partial charge in [-0.1, -0.05) is 12.7 Å². The molecule has 0 fully saturated rings. The van der Waals surface area contributed by atoms with Crippen LogP contribution >= 0.6 is 0 Å². The van der Waals surface area contributed by atoms with Crippen LogP contribution in [-0.4, -0.2) is 30.4 Å². The molecule has 0 spiro atoms. The summed E-state index contributed by atoms with van der Waals surface area (Å²) in [7, 11) is 0. The van der Waals surface area contributed by atoms with Crippen molar-refractivity contribution < 1.29 is 19.4 Å². The zero-order valence-electron chi connectivity index (χ0n) is 13.9. The average molecular weight is 340 g/mol. The van der Waals surface area contributed by atoms with E-state index in [9.17, 15) is 9.90 Å². The van der Waals surface area contributed by atoms with Crippen molar-refractivity contribution in [1.29, 1.82) is 0 Å². The van der Waals surface area contributed by atoms with Gasteiger partial charge in [0.25, 0.3) is 5.91 Å². The van der Waals surface area contributed by atoms with Crippen molar-refractivity contribution in [2.45, 2.75) is 6.92 Å². The number of phenols is 1. The molecular weight excluding hydrogens is 320 g/mol. The Morgan fingerprint density at radius 3 is 2.64 bits per heavy atom. The van der Waals surface area contributed by atoms with Crippen molar-refractivity contribution in [2.24, 2.45) is 5.10 Å². The first-order valence-corrected chi connectivity index (χ1v) is 7.77. The lowest BCUT2D eigenvalue weighted by Crippen LogP contribution is -2.17. The topological polar surface area (TPSA) is 80.2 Å². The molecule has 6 nitrogen and oxygen atoms in total. The number of ether oxygens (including phenoxy) is 2. The van der Waals surface area contributed by atoms with Gasteiger partial charge in [-0.05, 0) is 55.0 Å². The molecule has 0 saturated carbocycles. The molecule has 25 heavy (non-hydrogen) atoms. The van der Waals surface area contributed by atoms with Crippen molar-refractivity contribution in [1.82, 2.24) is 5.43 Å². The van der Waals surface area contributed by atoms with Crippen LogP contribution in [0.3, 0.4) is 0 Å². The fraction of sp³-hybridized carbons (Fsp3) is 0.158. The normalized spacial score (nSPS) is 10.4. The van der Waals surface area contributed by atoms with Gasteiger partial charge in [0.2, 0.25) is 0 Å². The molecule has 130 valence electrons. The van der Waals surface area contributed by atoms with Crippen molar-refractivity contribution in [2.75, 3.05) is 13.2 Å². The predicted octanol–water partition coefficient (Wildman–Crippen LogP) is 3.12. The third-order valence-corrected chi connectivity index (χ3v) is 3.14. The Hall–Kier alpha value is -3.28. The minimum atomic E-state index is -0.369. The molecule has 0 atom stereocenters. The largest absolute Gasteiger partial charge is 0.508 e. The van der Waals surface area contributed by atoms with E-state index >= 15 is 0 Å². The van der Waals surface area contributed by atoms with Gasteiger partial charge in [0.1, 0.15) is 12.4 Å². The third-order valence-electron chi connectivity index (χ3n) is 3.14. The van der Waals surface area contributed by atoms with Crippen LogP contribution in [0, 0.1) is 0 Å². The second-order valence-corrected chi connectivity index (χ2v) is 4.98. The number of benzene rings is 2. The highest BCUT2D eigenvalue weighted by Gasteiger charge is 2.11. The lowest BCUT2D eigenvalue weighted by molar-refractivity contribution is 0.0954. The summed E-state index contributed by atoms with van der Waals surface area (Å²) >= 11 is 0. The van der Waals surface area contributed by atoms with Gasteiger partial charge in [-0.3, -0.25) is 4.79 Å². The molecule has 2 rings (SSSR count). The molecule has 0 aliphatic carbocycles. The van der Waals surface area contributed by atoms with E-state index in [4.69, 9.17) is 9.47 Å². The minimum Gasteiger partial charge on any atom is -0.508 e. The molecule has 0 heterocycles. The maximum absolute atomic E-state index is 12.2. The van der Waals surface area contributed by atoms with Gasteiger partial charge < -0.3 is 14.6 Å². The quantitative estimate of drug-likeness (QED) is 0.439. The number of hydrogen-bond acceptors (Lipinski definition) is 5. The first-order chi connectivity index (χ1) is 12.1. The molecular formula is C19H20N2O4. The van der Waals surface area contributed by atoms with Crippen LogP contribution in [0.15, 0.2) is 60.2 Å². The second-order valence-electron chi connectivity index (χ2n) is 4.98. The number of nitrogens with one attached hydrogen (secondary N) is 1. The molecule has 0 unspecified atom stereocenters. The molecule has 0 aliphatic heterocycles. The third kappa shape index (κ3) is 5.39. The average Bonchev–Trinajstić information content (AvgIpc) is 2.62. The van der Waals surface area contributed by atoms with Crippen molar-refractivity contribution in [3.8, 4) is 17.2 Å². The summed E-state index contributed by atoms with van der Waals surface area (Å²) in [5.74, 6) is 0.833. The first kappa shape index (κ1) is 18.1. The van der Waals surface area contributed by atoms with Gasteiger partial charge in [0, 0.05) is 5.56 Å². The summed E-state index contributed by atoms with van der Waals surface area (Å²) in [5, 5.41) is 13.1. The number of amides is 1. The minimum absolute atomic E-state index is 0.170. The number of hydrazone groups is 1. The summed E-state index contributed by atoms with van der Waals surface area (Å²) < 4.78 is 11.0. The molecule has 0 aliphatic rings. The van der Waals surface area contributed by atoms with Gasteiger partial charge in [-0.25, -0.2) is 5.43 Å². The summed E-state index contributed by atoms with van der Waals surface area (Å²) in [4.78, 5) is 12.2. The Balaban J connectivity index is 2.06. The molecule has 0 saturated heterocycles. The van der Waals surface area contributed by atoms with Crippen molar-refractivity contribution in [3.05, 3.63) is 66.2 Å². The molecule has 2 aromatic carbocycles. The Labute approximate surface area is 146 Å². The van der Waals surface area contributed by atoms with Crippen LogP contribution in [0.4, 0.5) is 0 Å². The Morgan fingerprint density at radius 1 is 1.20 bits per heavy atom. The van der Waals surface area contributed by atoms with E-state index in [-0.39, 0.29) is 11.7 Å². The zero-order valence-corrected chi connectivity index (χ0v) is 13.9. The number of carbonyl (C=O) groups excluding carboxylic acids is 1. The molecule has 0 aromatic heterocycles. The SMILES string of the molecule is C=CCOc1ccc(C(=O)N/N=C/c2ccc(O)cc2)cc1OCC. The fourth-order valence-electron chi connectivity index (χ4n) is 1.98. The maximum atomic E-state index is 12.2. The van der Waals surface area contributed by atoms with Crippen molar-refractivity contribution >= 4 is 12.1 Å². The van der Waals surface area contributed by atoms with E-state index in [1.165, 1.54) is 6.21 Å². The van der Waals surface area contributed by atoms with E-state index in [0.29, 0.717) is 30.3 Å². The Morgan fingerprint density at radius 2 is 1.96 bits per heavy atom. The van der Waals surface area contributed by atoms with Crippen LogP contribution < -0.4 is 14.9 Å². The van der Waals surface area contributed by atoms with Crippen LogP contribution in [0.5, 0.6) is 17.2 Å². The highest BCUT2D eigenvalue weighted by Crippen LogP contribution is 2.28. The molecule has 0 bridgehead atoms. The number of phenolic OH excluding ortho intramolecular Hbond substituents is 1. The second kappa shape index (κ2) is 9.12. The van der Waals surface area contributed by atoms with Gasteiger partial charge >= 0.3 is 0 Å². The summed E-state index contributed by atoms with van der Waals surface area (Å²) in [5.41, 5.74) is 3.60. The van der Waals surface area contributed by atoms with Crippen LogP contribution in [0.1, 0.15) is 22.8 Å². The number of carbonyl (C=O) groups is 1. The molecule has 6 heteroatoms. The monoisotopic (exact) mass is 340 g/mol. The molecule has 2 aromatic rings. The summed E-state index contributed by atoms with van der Waals surface area (Å²) in [6, 6.07) is 11.4. The zero-order chi connectivity index (χ0) is 18.1. The number of nitrogens with zero attached hydrogens (tertiary/aromatic N) is 1. The van der Waals surface area contributed by atoms with E-state index in [2.05, 4.69) is 17.1 Å². The molecule has 2 N–H and O–H groups in total. The van der Waals surface area contributed by atoms with Crippen molar-refractivity contribution in [3.63, 3.8) is 0 Å². The number of aromatic hydroxyl groups is 1. The Bertz CT molecular complexity index is 755. The highest BCUT2D eigenvalue weighted by molar-refractivity contribution is 5.95. The van der Waals surface area contributed by atoms with Crippen LogP contribution in [-0.2, 0) is 0 Å². The standard InChI is InChI=1S/C19H20N2O4/c1-3-11-25-17-10-7-15(12-18(17)24-4-2)19(23)21-20-13-14-5-8-16(22)9-6-14/h3,5-10,12-13,22H,1,4,11H2,2H3,(H,21,23)/b20-13+. The van der Waals surface area contributed by atoms with Crippen LogP contribution in [0.2, 0.25) is 0 Å². The molecule has 0 radical (unpaired) electrons. The number of hydrogen-bond donors (Lipinski definition) is 2. The fourth-order valence-corrected chi connectivity index (χ4v) is 1.98. The first-order valence-electron chi connectivity index (χ1n) is 7.77. The summed E-state index contributed by atoms with van der Waals surface area (Å²) in [6.07, 6.45) is 3.12. The van der Waals surface area contributed by atoms with Gasteiger partial charge in [0.15, 0.2) is 11.5 Å². The summed E-state index contributed by atoms with van der Waals surface area (Å²) in [6.45, 7) is 6.26. The number of rotatable bonds is 8. The molecule has 1 amide bonds. The van der Waals surface area contributed by atoms with Gasteiger partial charge in [-0.2, -0.15) is 5.10 Å². The van der Waals surface area contributed by atoms with E-state index in [0.717, 1.165) is 5.56 Å². The lowest BCUT2D eigenvalue weighted by atomic mass is 10.2. The van der Waals surface area contributed by atoms with Gasteiger partial charge in [0.05, 0.1) is 12.8 Å². The van der Waals surface area contributed by atoms with Gasteiger partial charge in [-0.15, -0.1) is 0 Å². The van der Waals surface area contributed by atoms with Crippen LogP contribution in [0.25, 0.3) is 0 Å². The lowest BCUT2D eigenvalue weighted by Gasteiger charge is -2.11. The van der Waals surface area contributed by atoms with E-state index in [1.807, 2.05) is 6.92 Å².